The van der Waals surface area contributed by atoms with Gasteiger partial charge >= 0.3 is 0 Å². The Morgan fingerprint density at radius 3 is 2.32 bits per heavy atom. The molecule has 1 saturated carbocycles. The van der Waals surface area contributed by atoms with Crippen LogP contribution in [0.2, 0.25) is 0 Å². The third kappa shape index (κ3) is 10.6. The highest BCUT2D eigenvalue weighted by molar-refractivity contribution is 6.28. The number of amides is 5. The number of nitrogens with one attached hydrogen (secondary N) is 2. The zero-order valence-electron chi connectivity index (χ0n) is 38.9. The largest absolute Gasteiger partial charge is 0.490 e. The van der Waals surface area contributed by atoms with Gasteiger partial charge in [-0.2, -0.15) is 0 Å². The Balaban J connectivity index is 0.623. The average Bonchev–Trinajstić information content (AvgIpc) is 3.98. The van der Waals surface area contributed by atoms with Crippen LogP contribution in [0.5, 0.6) is 5.75 Å². The summed E-state index contributed by atoms with van der Waals surface area (Å²) < 4.78 is 17.5. The number of carbonyl (C=O) groups is 5. The number of piperazine rings is 1. The van der Waals surface area contributed by atoms with Gasteiger partial charge in [0.15, 0.2) is 0 Å². The molecule has 0 bridgehead atoms. The smallest absolute Gasteiger partial charge is 0.266 e. The minimum atomic E-state index is -1.45. The Labute approximate surface area is 401 Å². The molecule has 2 aromatic heterocycles. The van der Waals surface area contributed by atoms with Gasteiger partial charge in [0.25, 0.3) is 23.6 Å². The predicted octanol–water partition coefficient (Wildman–Crippen LogP) is 5.07. The number of aromatic nitrogens is 2. The normalized spacial score (nSPS) is 19.8. The van der Waals surface area contributed by atoms with Gasteiger partial charge in [0.1, 0.15) is 17.9 Å². The highest BCUT2D eigenvalue weighted by atomic mass is 16.5. The van der Waals surface area contributed by atoms with Crippen molar-refractivity contribution in [1.82, 2.24) is 30.0 Å². The molecule has 358 valence electrons. The van der Waals surface area contributed by atoms with Crippen molar-refractivity contribution >= 4 is 35.2 Å². The van der Waals surface area contributed by atoms with Crippen LogP contribution < -0.4 is 15.4 Å². The highest BCUT2D eigenvalue weighted by Crippen LogP contribution is 2.55. The molecule has 5 aromatic rings. The molecule has 5 amide bonds. The highest BCUT2D eigenvalue weighted by Gasteiger charge is 2.75. The number of fused-ring (bicyclic) bond motifs is 2. The first kappa shape index (κ1) is 47.4. The van der Waals surface area contributed by atoms with E-state index in [0.29, 0.717) is 38.0 Å². The van der Waals surface area contributed by atoms with Crippen molar-refractivity contribution in [2.24, 2.45) is 5.92 Å². The summed E-state index contributed by atoms with van der Waals surface area (Å²) in [7, 11) is 0. The number of aryl methyl sites for hydroxylation is 1. The third-order valence-corrected chi connectivity index (χ3v) is 13.6. The number of ether oxygens (including phenoxy) is 3. The second kappa shape index (κ2) is 20.5. The summed E-state index contributed by atoms with van der Waals surface area (Å²) in [5.74, 6) is -3.01. The first-order chi connectivity index (χ1) is 33.4. The van der Waals surface area contributed by atoms with E-state index in [1.54, 1.807) is 25.3 Å². The van der Waals surface area contributed by atoms with Crippen molar-refractivity contribution in [1.29, 1.82) is 0 Å². The van der Waals surface area contributed by atoms with Crippen molar-refractivity contribution in [2.75, 3.05) is 71.1 Å². The molecule has 69 heavy (non-hydrogen) atoms. The zero-order valence-corrected chi connectivity index (χ0v) is 38.9. The van der Waals surface area contributed by atoms with Crippen LogP contribution in [0.4, 0.5) is 5.69 Å². The van der Waals surface area contributed by atoms with Crippen molar-refractivity contribution in [3.8, 4) is 17.0 Å². The van der Waals surface area contributed by atoms with Crippen LogP contribution >= 0.6 is 0 Å². The zero-order chi connectivity index (χ0) is 48.1. The van der Waals surface area contributed by atoms with Gasteiger partial charge in [-0.3, -0.25) is 54.0 Å². The molecule has 3 unspecified atom stereocenters. The Bertz CT molecular complexity index is 2720. The predicted molar refractivity (Wildman–Crippen MR) is 255 cm³/mol. The molecule has 3 atom stereocenters. The number of nitrogens with zero attached hydrogens (tertiary/aromatic N) is 5. The van der Waals surface area contributed by atoms with Gasteiger partial charge in [-0.05, 0) is 110 Å². The number of piperidine rings is 1. The van der Waals surface area contributed by atoms with Gasteiger partial charge in [-0.15, -0.1) is 0 Å². The Morgan fingerprint density at radius 1 is 0.855 bits per heavy atom. The quantitative estimate of drug-likeness (QED) is 0.0654. The number of benzene rings is 3. The van der Waals surface area contributed by atoms with Gasteiger partial charge in [-0.25, -0.2) is 0 Å². The van der Waals surface area contributed by atoms with E-state index >= 15 is 0 Å². The molecule has 0 spiro atoms. The molecule has 9 rings (SSSR count). The molecule has 1 aliphatic carbocycles. The summed E-state index contributed by atoms with van der Waals surface area (Å²) in [5, 5.41) is 16.2. The van der Waals surface area contributed by atoms with Gasteiger partial charge in [0.2, 0.25) is 5.91 Å². The maximum Gasteiger partial charge on any atom is 0.266 e. The number of carbonyl (C=O) groups excluding carboxylic acids is 5. The molecule has 3 N–H and O–H groups in total. The molecule has 3 aromatic carbocycles. The number of pyridine rings is 2. The molecular formula is C53H57N7O9. The van der Waals surface area contributed by atoms with E-state index in [2.05, 4.69) is 32.3 Å². The molecule has 2 saturated heterocycles. The number of imide groups is 2. The second-order valence-corrected chi connectivity index (χ2v) is 18.5. The third-order valence-electron chi connectivity index (χ3n) is 13.6. The standard InChI is InChI=1S/C53H57N7O9/c1-35-30-41(16-15-38(35)31-40-7-3-9-44(55-40)39-6-5-19-54-33-39)56-47(61)37-13-11-36(12-14-37)34-59-22-20-58(21-23-59)24-27-67-25-17-52(2,66)18-26-68-28-29-69-45-10-4-8-42-46(45)50(64)60(49(42)63)53-32-43(53)48(62)57-51(53)65/h3-16,19,30,33,43,66H,17-18,20-29,31-32,34H2,1-2H3,(H,56,61)(H,57,62,65). The maximum atomic E-state index is 13.4. The monoisotopic (exact) mass is 935 g/mol. The molecule has 3 fully saturated rings. The van der Waals surface area contributed by atoms with E-state index in [0.717, 1.165) is 83.5 Å². The Hall–Kier alpha value is -6.69. The first-order valence-electron chi connectivity index (χ1n) is 23.6. The lowest BCUT2D eigenvalue weighted by Crippen LogP contribution is -2.49. The van der Waals surface area contributed by atoms with Crippen LogP contribution in [-0.2, 0) is 32.0 Å². The lowest BCUT2D eigenvalue weighted by atomic mass is 9.99. The first-order valence-corrected chi connectivity index (χ1v) is 23.6. The van der Waals surface area contributed by atoms with Crippen LogP contribution in [0, 0.1) is 12.8 Å². The van der Waals surface area contributed by atoms with E-state index in [9.17, 15) is 29.1 Å². The minimum absolute atomic E-state index is 0.0756. The summed E-state index contributed by atoms with van der Waals surface area (Å²) in [6.45, 7) is 10.7. The van der Waals surface area contributed by atoms with E-state index in [-0.39, 0.29) is 49.0 Å². The maximum absolute atomic E-state index is 13.4. The molecule has 16 nitrogen and oxygen atoms in total. The summed E-state index contributed by atoms with van der Waals surface area (Å²) >= 11 is 0. The summed E-state index contributed by atoms with van der Waals surface area (Å²) in [6.07, 6.45) is 5.22. The van der Waals surface area contributed by atoms with E-state index in [1.165, 1.54) is 6.07 Å². The number of rotatable bonds is 21. The Morgan fingerprint density at radius 2 is 1.61 bits per heavy atom. The fourth-order valence-corrected chi connectivity index (χ4v) is 9.34. The molecule has 0 radical (unpaired) electrons. The van der Waals surface area contributed by atoms with E-state index < -0.39 is 40.7 Å². The Kier molecular flexibility index (Phi) is 14.1. The van der Waals surface area contributed by atoms with Crippen molar-refractivity contribution in [2.45, 2.75) is 57.2 Å². The van der Waals surface area contributed by atoms with Gasteiger partial charge in [0.05, 0.1) is 41.6 Å². The van der Waals surface area contributed by atoms with Gasteiger partial charge in [-0.1, -0.05) is 30.3 Å². The molecule has 4 aliphatic rings. The van der Waals surface area contributed by atoms with Gasteiger partial charge in [0, 0.05) is 93.8 Å². The van der Waals surface area contributed by atoms with Crippen molar-refractivity contribution in [3.63, 3.8) is 0 Å². The van der Waals surface area contributed by atoms with Crippen molar-refractivity contribution < 1.29 is 43.3 Å². The lowest BCUT2D eigenvalue weighted by Gasteiger charge is -2.34. The van der Waals surface area contributed by atoms with Crippen LogP contribution in [0.1, 0.15) is 79.6 Å². The van der Waals surface area contributed by atoms with Crippen LogP contribution in [0.25, 0.3) is 11.3 Å². The number of hydrogen-bond acceptors (Lipinski definition) is 13. The number of hydrogen-bond donors (Lipinski definition) is 3. The van der Waals surface area contributed by atoms with Crippen LogP contribution in [0.15, 0.2) is 103 Å². The molecule has 16 heteroatoms. The topological polar surface area (TPSA) is 193 Å². The van der Waals surface area contributed by atoms with Crippen LogP contribution in [-0.4, -0.2) is 136 Å². The summed E-state index contributed by atoms with van der Waals surface area (Å²) in [4.78, 5) is 79.1. The molecular weight excluding hydrogens is 879 g/mol. The SMILES string of the molecule is Cc1cc(NC(=O)c2ccc(CN3CCN(CCOCCC(C)(O)CCOCCOc4cccc5c4C(=O)N(C46CC4C(=O)NC6=O)C5=O)CC3)cc2)ccc1Cc1cccc(-c2cccnc2)n1. The second-order valence-electron chi connectivity index (χ2n) is 18.5. The van der Waals surface area contributed by atoms with Crippen LogP contribution in [0.3, 0.4) is 0 Å². The number of anilines is 1. The van der Waals surface area contributed by atoms with E-state index in [1.807, 2.05) is 79.0 Å². The van der Waals surface area contributed by atoms with E-state index in [4.69, 9.17) is 19.2 Å². The summed E-state index contributed by atoms with van der Waals surface area (Å²) in [5.41, 5.74) is 5.35. The fraction of sp³-hybridized carbons (Fsp3) is 0.377. The molecule has 3 aliphatic heterocycles. The van der Waals surface area contributed by atoms with Gasteiger partial charge < -0.3 is 24.6 Å². The summed E-state index contributed by atoms with van der Waals surface area (Å²) in [6, 6.07) is 28.5. The number of aliphatic hydroxyl groups is 1. The van der Waals surface area contributed by atoms with Crippen molar-refractivity contribution in [3.05, 3.63) is 142 Å². The fourth-order valence-electron chi connectivity index (χ4n) is 9.34. The lowest BCUT2D eigenvalue weighted by molar-refractivity contribution is -0.128. The average molecular weight is 936 g/mol. The minimum Gasteiger partial charge on any atom is -0.490 e. The molecule has 5 heterocycles.